The first kappa shape index (κ1) is 39.4. The van der Waals surface area contributed by atoms with Crippen molar-refractivity contribution in [2.75, 3.05) is 70.9 Å². The van der Waals surface area contributed by atoms with Gasteiger partial charge in [-0.2, -0.15) is 0 Å². The van der Waals surface area contributed by atoms with Gasteiger partial charge in [-0.05, 0) is 67.3 Å². The zero-order valence-corrected chi connectivity index (χ0v) is 30.4. The van der Waals surface area contributed by atoms with Crippen molar-refractivity contribution < 1.29 is 19.3 Å². The Morgan fingerprint density at radius 3 is 2.16 bits per heavy atom. The van der Waals surface area contributed by atoms with Gasteiger partial charge >= 0.3 is 0 Å². The molecule has 2 N–H and O–H groups in total. The summed E-state index contributed by atoms with van der Waals surface area (Å²) in [6.07, 6.45) is 8.56. The molecule has 1 aliphatic heterocycles. The van der Waals surface area contributed by atoms with Gasteiger partial charge in [-0.15, -0.1) is 11.8 Å². The SMILES string of the molecule is CCC.CCCCC1(CCCC)CSc2ccc(N(C)C)cc2[C@H](c2cccc(OCCOCCOCCNCCC)c2)[C@@H]1O. The number of aliphatic hydroxyl groups excluding tert-OH is 1. The molecule has 0 spiro atoms. The third-order valence-corrected chi connectivity index (χ3v) is 9.70. The second-order valence-electron chi connectivity index (χ2n) is 12.5. The number of fused-ring (bicyclic) bond motifs is 1. The van der Waals surface area contributed by atoms with E-state index in [1.165, 1.54) is 16.9 Å². The number of unbranched alkanes of at least 4 members (excludes halogenated alkanes) is 2. The number of nitrogens with one attached hydrogen (secondary N) is 1. The van der Waals surface area contributed by atoms with E-state index in [0.717, 1.165) is 80.8 Å². The molecule has 0 saturated heterocycles. The molecule has 256 valence electrons. The van der Waals surface area contributed by atoms with Gasteiger partial charge in [0.05, 0.1) is 32.5 Å². The van der Waals surface area contributed by atoms with E-state index in [1.54, 1.807) is 0 Å². The monoisotopic (exact) mass is 644 g/mol. The standard InChI is InChI=1S/C35H56N2O4S.C3H8/c1-6-9-16-35(17-10-7-2)27-42-32-15-14-29(37(4)5)26-31(32)33(34(35)38)28-12-11-13-30(25-28)41-24-23-40-22-21-39-20-19-36-18-8-3;1-3-2/h11-15,25-26,33-34,36,38H,6-10,16-24,27H2,1-5H3;3H2,1-2H3/t33-,34-;/m0./s1. The summed E-state index contributed by atoms with van der Waals surface area (Å²) in [6.45, 7) is 15.7. The van der Waals surface area contributed by atoms with Gasteiger partial charge in [0.25, 0.3) is 0 Å². The number of anilines is 1. The first-order chi connectivity index (χ1) is 21.9. The Bertz CT molecular complexity index is 1040. The summed E-state index contributed by atoms with van der Waals surface area (Å²) in [4.78, 5) is 3.43. The molecular formula is C38H64N2O4S. The second-order valence-corrected chi connectivity index (χ2v) is 13.5. The number of aliphatic hydroxyl groups is 1. The second kappa shape index (κ2) is 22.7. The lowest BCUT2D eigenvalue weighted by Crippen LogP contribution is -2.41. The molecular weight excluding hydrogens is 580 g/mol. The van der Waals surface area contributed by atoms with Crippen LogP contribution >= 0.6 is 11.8 Å². The first-order valence-corrected chi connectivity index (χ1v) is 18.6. The Morgan fingerprint density at radius 2 is 1.51 bits per heavy atom. The lowest BCUT2D eigenvalue weighted by Gasteiger charge is -2.40. The zero-order valence-electron chi connectivity index (χ0n) is 29.5. The van der Waals surface area contributed by atoms with Gasteiger partial charge in [0.2, 0.25) is 0 Å². The van der Waals surface area contributed by atoms with E-state index >= 15 is 0 Å². The number of rotatable bonds is 20. The zero-order chi connectivity index (χ0) is 32.9. The number of ether oxygens (including phenoxy) is 3. The van der Waals surface area contributed by atoms with Crippen LogP contribution in [-0.4, -0.2) is 77.2 Å². The average Bonchev–Trinajstić information content (AvgIpc) is 3.16. The number of nitrogens with zero attached hydrogens (tertiary/aromatic N) is 1. The maximum absolute atomic E-state index is 12.4. The molecule has 0 radical (unpaired) electrons. The summed E-state index contributed by atoms with van der Waals surface area (Å²) in [5, 5.41) is 15.7. The van der Waals surface area contributed by atoms with Crippen LogP contribution in [0.5, 0.6) is 5.75 Å². The summed E-state index contributed by atoms with van der Waals surface area (Å²) >= 11 is 1.93. The molecule has 0 unspecified atom stereocenters. The molecule has 0 bridgehead atoms. The Kier molecular flexibility index (Phi) is 19.9. The Balaban J connectivity index is 0.00000226. The smallest absolute Gasteiger partial charge is 0.119 e. The Hall–Kier alpha value is -1.77. The number of hydrogen-bond acceptors (Lipinski definition) is 7. The van der Waals surface area contributed by atoms with Crippen molar-refractivity contribution in [2.24, 2.45) is 5.41 Å². The highest BCUT2D eigenvalue weighted by atomic mass is 32.2. The van der Waals surface area contributed by atoms with E-state index < -0.39 is 6.10 Å². The van der Waals surface area contributed by atoms with Crippen LogP contribution in [0, 0.1) is 5.41 Å². The van der Waals surface area contributed by atoms with E-state index in [2.05, 4.69) is 95.3 Å². The fourth-order valence-electron chi connectivity index (χ4n) is 5.79. The quantitative estimate of drug-likeness (QED) is 0.140. The predicted octanol–water partition coefficient (Wildman–Crippen LogP) is 8.55. The Labute approximate surface area is 280 Å². The molecule has 3 rings (SSSR count). The molecule has 0 saturated carbocycles. The van der Waals surface area contributed by atoms with Gasteiger partial charge in [0.1, 0.15) is 12.4 Å². The maximum atomic E-state index is 12.4. The van der Waals surface area contributed by atoms with Crippen molar-refractivity contribution in [3.63, 3.8) is 0 Å². The van der Waals surface area contributed by atoms with Gasteiger partial charge in [0.15, 0.2) is 0 Å². The van der Waals surface area contributed by atoms with E-state index in [9.17, 15) is 5.11 Å². The van der Waals surface area contributed by atoms with E-state index in [4.69, 9.17) is 14.2 Å². The molecule has 45 heavy (non-hydrogen) atoms. The highest BCUT2D eigenvalue weighted by Gasteiger charge is 2.45. The van der Waals surface area contributed by atoms with Gasteiger partial charge in [-0.1, -0.05) is 78.9 Å². The molecule has 7 heteroatoms. The highest BCUT2D eigenvalue weighted by molar-refractivity contribution is 7.99. The molecule has 1 aliphatic rings. The fourth-order valence-corrected chi connectivity index (χ4v) is 7.21. The van der Waals surface area contributed by atoms with E-state index in [-0.39, 0.29) is 11.3 Å². The third kappa shape index (κ3) is 13.1. The summed E-state index contributed by atoms with van der Waals surface area (Å²) in [5.41, 5.74) is 3.37. The van der Waals surface area contributed by atoms with Gasteiger partial charge < -0.3 is 29.5 Å². The van der Waals surface area contributed by atoms with Gasteiger partial charge in [-0.3, -0.25) is 0 Å². The minimum atomic E-state index is -0.475. The normalized spacial score (nSPS) is 17.2. The predicted molar refractivity (Wildman–Crippen MR) is 194 cm³/mol. The molecule has 0 aromatic heterocycles. The summed E-state index contributed by atoms with van der Waals surface area (Å²) < 4.78 is 17.5. The van der Waals surface area contributed by atoms with Crippen LogP contribution < -0.4 is 15.0 Å². The van der Waals surface area contributed by atoms with Crippen LogP contribution in [0.2, 0.25) is 0 Å². The molecule has 0 aliphatic carbocycles. The molecule has 1 heterocycles. The maximum Gasteiger partial charge on any atom is 0.119 e. The molecule has 2 aromatic carbocycles. The van der Waals surface area contributed by atoms with E-state index in [1.807, 2.05) is 17.8 Å². The first-order valence-electron chi connectivity index (χ1n) is 17.6. The number of thioether (sulfide) groups is 1. The van der Waals surface area contributed by atoms with Gasteiger partial charge in [-0.25, -0.2) is 0 Å². The molecule has 2 atom stereocenters. The lowest BCUT2D eigenvalue weighted by molar-refractivity contribution is 0.0135. The van der Waals surface area contributed by atoms with Crippen molar-refractivity contribution >= 4 is 17.4 Å². The molecule has 6 nitrogen and oxygen atoms in total. The minimum absolute atomic E-state index is 0.118. The van der Waals surface area contributed by atoms with Crippen LogP contribution in [0.15, 0.2) is 47.4 Å². The third-order valence-electron chi connectivity index (χ3n) is 8.30. The van der Waals surface area contributed by atoms with Crippen molar-refractivity contribution in [2.45, 2.75) is 103 Å². The van der Waals surface area contributed by atoms with Crippen LogP contribution in [0.1, 0.15) is 103 Å². The van der Waals surface area contributed by atoms with Crippen molar-refractivity contribution in [3.05, 3.63) is 53.6 Å². The molecule has 2 aromatic rings. The molecule has 0 amide bonds. The summed E-state index contributed by atoms with van der Waals surface area (Å²) in [6, 6.07) is 15.1. The lowest BCUT2D eigenvalue weighted by atomic mass is 9.68. The average molecular weight is 645 g/mol. The summed E-state index contributed by atoms with van der Waals surface area (Å²) in [7, 11) is 4.16. The van der Waals surface area contributed by atoms with Crippen LogP contribution in [-0.2, 0) is 9.47 Å². The van der Waals surface area contributed by atoms with E-state index in [0.29, 0.717) is 33.0 Å². The topological polar surface area (TPSA) is 63.2 Å². The fraction of sp³-hybridized carbons (Fsp3) is 0.684. The van der Waals surface area contributed by atoms with Gasteiger partial charge in [0, 0.05) is 48.3 Å². The van der Waals surface area contributed by atoms with Crippen molar-refractivity contribution in [1.29, 1.82) is 0 Å². The van der Waals surface area contributed by atoms with Crippen molar-refractivity contribution in [3.8, 4) is 5.75 Å². The summed E-state index contributed by atoms with van der Waals surface area (Å²) in [5.74, 6) is 1.65. The van der Waals surface area contributed by atoms with Crippen molar-refractivity contribution in [1.82, 2.24) is 5.32 Å². The Morgan fingerprint density at radius 1 is 0.844 bits per heavy atom. The number of benzene rings is 2. The molecule has 0 fully saturated rings. The van der Waals surface area contributed by atoms with Crippen LogP contribution in [0.4, 0.5) is 5.69 Å². The highest BCUT2D eigenvalue weighted by Crippen LogP contribution is 2.52. The largest absolute Gasteiger partial charge is 0.491 e. The minimum Gasteiger partial charge on any atom is -0.491 e. The van der Waals surface area contributed by atoms with Crippen LogP contribution in [0.3, 0.4) is 0 Å². The number of hydrogen-bond donors (Lipinski definition) is 2. The van der Waals surface area contributed by atoms with Crippen LogP contribution in [0.25, 0.3) is 0 Å².